The number of hydrogen-bond acceptors (Lipinski definition) is 5. The van der Waals surface area contributed by atoms with Crippen LogP contribution in [0.2, 0.25) is 0 Å². The van der Waals surface area contributed by atoms with E-state index in [0.29, 0.717) is 42.7 Å². The van der Waals surface area contributed by atoms with E-state index >= 15 is 0 Å². The second-order valence-electron chi connectivity index (χ2n) is 6.46. The normalized spacial score (nSPS) is 10.9. The van der Waals surface area contributed by atoms with Gasteiger partial charge in [-0.15, -0.1) is 0 Å². The summed E-state index contributed by atoms with van der Waals surface area (Å²) < 4.78 is 10.9. The largest absolute Gasteiger partial charge is 0.493 e. The molecule has 0 atom stereocenters. The maximum Gasteiger partial charge on any atom is 0.251 e. The average Bonchev–Trinajstić information content (AvgIpc) is 2.77. The van der Waals surface area contributed by atoms with Crippen molar-refractivity contribution in [3.05, 3.63) is 53.6 Å². The number of methoxy groups -OCH3 is 1. The van der Waals surface area contributed by atoms with Crippen molar-refractivity contribution in [3.63, 3.8) is 0 Å². The maximum absolute atomic E-state index is 11.9. The van der Waals surface area contributed by atoms with Crippen LogP contribution < -0.4 is 31.2 Å². The van der Waals surface area contributed by atoms with Crippen LogP contribution in [0.3, 0.4) is 0 Å². The number of aliphatic imine (C=N–C) groups is 1. The third-order valence-corrected chi connectivity index (χ3v) is 4.13. The van der Waals surface area contributed by atoms with E-state index in [0.717, 1.165) is 11.3 Å². The van der Waals surface area contributed by atoms with Crippen molar-refractivity contribution in [2.75, 3.05) is 32.1 Å². The van der Waals surface area contributed by atoms with Crippen molar-refractivity contribution >= 4 is 23.5 Å². The predicted octanol–water partition coefficient (Wildman–Crippen LogP) is 1.89. The van der Waals surface area contributed by atoms with Gasteiger partial charge in [0.25, 0.3) is 5.91 Å². The van der Waals surface area contributed by atoms with Crippen LogP contribution in [0.25, 0.3) is 0 Å². The number of rotatable bonds is 10. The quantitative estimate of drug-likeness (QED) is 0.339. The second kappa shape index (κ2) is 12.1. The van der Waals surface area contributed by atoms with Crippen LogP contribution in [-0.4, -0.2) is 44.6 Å². The minimum absolute atomic E-state index is 0.196. The van der Waals surface area contributed by atoms with Crippen molar-refractivity contribution in [3.8, 4) is 11.5 Å². The highest BCUT2D eigenvalue weighted by Gasteiger charge is 2.08. The SMILES string of the molecule is CCNC(=NCc1ccc(C(=O)NCC(N)=O)cc1)Nc1ccc(OCC)c(OC)c1. The number of ether oxygens (including phenoxy) is 2. The first-order valence-corrected chi connectivity index (χ1v) is 9.98. The molecule has 0 fully saturated rings. The Morgan fingerprint density at radius 2 is 1.77 bits per heavy atom. The fourth-order valence-corrected chi connectivity index (χ4v) is 2.67. The van der Waals surface area contributed by atoms with Crippen molar-refractivity contribution in [1.82, 2.24) is 10.6 Å². The smallest absolute Gasteiger partial charge is 0.251 e. The fraction of sp³-hybridized carbons (Fsp3) is 0.318. The molecule has 0 unspecified atom stereocenters. The van der Waals surface area contributed by atoms with Crippen molar-refractivity contribution in [2.45, 2.75) is 20.4 Å². The van der Waals surface area contributed by atoms with Gasteiger partial charge in [0.2, 0.25) is 5.91 Å². The third kappa shape index (κ3) is 7.54. The molecule has 0 aliphatic heterocycles. The van der Waals surface area contributed by atoms with Crippen molar-refractivity contribution in [1.29, 1.82) is 0 Å². The molecule has 9 nitrogen and oxygen atoms in total. The van der Waals surface area contributed by atoms with Crippen LogP contribution in [0.1, 0.15) is 29.8 Å². The molecule has 0 aromatic heterocycles. The van der Waals surface area contributed by atoms with Gasteiger partial charge < -0.3 is 31.2 Å². The summed E-state index contributed by atoms with van der Waals surface area (Å²) in [7, 11) is 1.60. The fourth-order valence-electron chi connectivity index (χ4n) is 2.67. The predicted molar refractivity (Wildman–Crippen MR) is 121 cm³/mol. The summed E-state index contributed by atoms with van der Waals surface area (Å²) in [6.45, 7) is 5.36. The lowest BCUT2D eigenvalue weighted by atomic mass is 10.1. The van der Waals surface area contributed by atoms with Gasteiger partial charge in [-0.25, -0.2) is 4.99 Å². The zero-order valence-electron chi connectivity index (χ0n) is 18.0. The number of hydrogen-bond donors (Lipinski definition) is 4. The first-order chi connectivity index (χ1) is 15.0. The molecule has 2 aromatic carbocycles. The number of nitrogens with zero attached hydrogens (tertiary/aromatic N) is 1. The molecule has 9 heteroatoms. The molecular weight excluding hydrogens is 398 g/mol. The topological polar surface area (TPSA) is 127 Å². The number of anilines is 1. The highest BCUT2D eigenvalue weighted by atomic mass is 16.5. The summed E-state index contributed by atoms with van der Waals surface area (Å²) in [6, 6.07) is 12.6. The summed E-state index contributed by atoms with van der Waals surface area (Å²) in [4.78, 5) is 27.3. The van der Waals surface area contributed by atoms with Crippen LogP contribution in [-0.2, 0) is 11.3 Å². The van der Waals surface area contributed by atoms with Crippen LogP contribution in [0.4, 0.5) is 5.69 Å². The van der Waals surface area contributed by atoms with E-state index in [1.165, 1.54) is 0 Å². The molecule has 31 heavy (non-hydrogen) atoms. The van der Waals surface area contributed by atoms with E-state index < -0.39 is 5.91 Å². The van der Waals surface area contributed by atoms with Crippen LogP contribution in [0.5, 0.6) is 11.5 Å². The average molecular weight is 428 g/mol. The molecule has 0 spiro atoms. The number of primary amides is 1. The van der Waals surface area contributed by atoms with Crippen LogP contribution in [0, 0.1) is 0 Å². The molecule has 166 valence electrons. The summed E-state index contributed by atoms with van der Waals surface area (Å²) >= 11 is 0. The Morgan fingerprint density at radius 1 is 1.03 bits per heavy atom. The number of benzene rings is 2. The highest BCUT2D eigenvalue weighted by Crippen LogP contribution is 2.30. The van der Waals surface area contributed by atoms with E-state index in [2.05, 4.69) is 20.9 Å². The van der Waals surface area contributed by atoms with E-state index in [9.17, 15) is 9.59 Å². The molecule has 2 amide bonds. The number of guanidine groups is 1. The number of carbonyl (C=O) groups excluding carboxylic acids is 2. The molecule has 5 N–H and O–H groups in total. The Hall–Kier alpha value is -3.75. The lowest BCUT2D eigenvalue weighted by Crippen LogP contribution is -2.33. The molecule has 0 aliphatic carbocycles. The molecule has 2 aromatic rings. The van der Waals surface area contributed by atoms with E-state index in [-0.39, 0.29) is 12.5 Å². The molecule has 0 heterocycles. The maximum atomic E-state index is 11.9. The second-order valence-corrected chi connectivity index (χ2v) is 6.46. The molecule has 2 rings (SSSR count). The summed E-state index contributed by atoms with van der Waals surface area (Å²) in [5, 5.41) is 8.89. The highest BCUT2D eigenvalue weighted by molar-refractivity contribution is 5.96. The summed E-state index contributed by atoms with van der Waals surface area (Å²) in [5.74, 6) is 0.976. The van der Waals surface area contributed by atoms with Crippen LogP contribution >= 0.6 is 0 Å². The van der Waals surface area contributed by atoms with Gasteiger partial charge in [-0.2, -0.15) is 0 Å². The van der Waals surface area contributed by atoms with Gasteiger partial charge in [-0.1, -0.05) is 12.1 Å². The minimum atomic E-state index is -0.590. The van der Waals surface area contributed by atoms with Gasteiger partial charge in [0.15, 0.2) is 17.5 Å². The molecule has 0 saturated heterocycles. The Balaban J connectivity index is 2.05. The molecule has 0 radical (unpaired) electrons. The lowest BCUT2D eigenvalue weighted by Gasteiger charge is -2.14. The van der Waals surface area contributed by atoms with E-state index in [1.807, 2.05) is 44.2 Å². The van der Waals surface area contributed by atoms with Crippen LogP contribution in [0.15, 0.2) is 47.5 Å². The molecule has 0 saturated carbocycles. The summed E-state index contributed by atoms with van der Waals surface area (Å²) in [5.41, 5.74) is 7.21. The minimum Gasteiger partial charge on any atom is -0.493 e. The zero-order valence-corrected chi connectivity index (χ0v) is 18.0. The zero-order chi connectivity index (χ0) is 22.6. The number of nitrogens with one attached hydrogen (secondary N) is 3. The Morgan fingerprint density at radius 3 is 2.39 bits per heavy atom. The Labute approximate surface area is 182 Å². The number of nitrogens with two attached hydrogens (primary N) is 1. The van der Waals surface area contributed by atoms with Gasteiger partial charge >= 0.3 is 0 Å². The van der Waals surface area contributed by atoms with Gasteiger partial charge in [0.05, 0.1) is 26.8 Å². The molecular formula is C22H29N5O4. The van der Waals surface area contributed by atoms with Gasteiger partial charge in [-0.05, 0) is 43.7 Å². The van der Waals surface area contributed by atoms with Crippen molar-refractivity contribution in [2.24, 2.45) is 10.7 Å². The van der Waals surface area contributed by atoms with Gasteiger partial charge in [0.1, 0.15) is 0 Å². The Kier molecular flexibility index (Phi) is 9.15. The number of amides is 2. The standard InChI is InChI=1S/C22H29N5O4/c1-4-24-22(27-17-10-11-18(31-5-2)19(12-17)30-3)26-13-15-6-8-16(9-7-15)21(29)25-14-20(23)28/h6-12H,4-5,13-14H2,1-3H3,(H2,23,28)(H,25,29)(H2,24,26,27). The molecule has 0 aliphatic rings. The lowest BCUT2D eigenvalue weighted by molar-refractivity contribution is -0.117. The van der Waals surface area contributed by atoms with Gasteiger partial charge in [-0.3, -0.25) is 9.59 Å². The third-order valence-electron chi connectivity index (χ3n) is 4.13. The first-order valence-electron chi connectivity index (χ1n) is 9.98. The van der Waals surface area contributed by atoms with E-state index in [1.54, 1.807) is 19.2 Å². The number of carbonyl (C=O) groups is 2. The van der Waals surface area contributed by atoms with E-state index in [4.69, 9.17) is 15.2 Å². The first kappa shape index (κ1) is 23.5. The monoisotopic (exact) mass is 427 g/mol. The van der Waals surface area contributed by atoms with Crippen molar-refractivity contribution < 1.29 is 19.1 Å². The Bertz CT molecular complexity index is 913. The molecule has 0 bridgehead atoms. The summed E-state index contributed by atoms with van der Waals surface area (Å²) in [6.07, 6.45) is 0. The van der Waals surface area contributed by atoms with Gasteiger partial charge in [0, 0.05) is 23.9 Å².